The molecule has 2 aromatic rings. The highest BCUT2D eigenvalue weighted by atomic mass is 35.5. The molecule has 0 saturated heterocycles. The van der Waals surface area contributed by atoms with Crippen LogP contribution in [0.3, 0.4) is 0 Å². The summed E-state index contributed by atoms with van der Waals surface area (Å²) in [6.45, 7) is 1.93. The maximum absolute atomic E-state index is 5.92. The number of nitrogen functional groups attached to an aromatic ring is 1. The first-order chi connectivity index (χ1) is 7.16. The molecule has 0 unspecified atom stereocenters. The lowest BCUT2D eigenvalue weighted by atomic mass is 10.1. The Morgan fingerprint density at radius 2 is 2.07 bits per heavy atom. The second-order valence-corrected chi connectivity index (χ2v) is 3.57. The summed E-state index contributed by atoms with van der Waals surface area (Å²) < 4.78 is 0. The van der Waals surface area contributed by atoms with Gasteiger partial charge in [-0.25, -0.2) is 4.98 Å². The molecule has 5 heteroatoms. The molecular weight excluding hydrogens is 212 g/mol. The molecule has 0 radical (unpaired) electrons. The zero-order valence-corrected chi connectivity index (χ0v) is 8.86. The molecule has 76 valence electrons. The van der Waals surface area contributed by atoms with Crippen molar-refractivity contribution >= 4 is 17.5 Å². The van der Waals surface area contributed by atoms with Gasteiger partial charge in [0, 0.05) is 10.6 Å². The molecule has 15 heavy (non-hydrogen) atoms. The van der Waals surface area contributed by atoms with Crippen molar-refractivity contribution < 1.29 is 0 Å². The molecule has 2 N–H and O–H groups in total. The number of nitrogens with two attached hydrogens (primary N) is 1. The summed E-state index contributed by atoms with van der Waals surface area (Å²) in [6.07, 6.45) is 1.59. The van der Waals surface area contributed by atoms with Crippen LogP contribution in [0.25, 0.3) is 11.3 Å². The van der Waals surface area contributed by atoms with Crippen molar-refractivity contribution in [2.45, 2.75) is 6.92 Å². The third-order valence-electron chi connectivity index (χ3n) is 2.03. The summed E-state index contributed by atoms with van der Waals surface area (Å²) in [4.78, 5) is 3.88. The fourth-order valence-corrected chi connectivity index (χ4v) is 1.34. The van der Waals surface area contributed by atoms with Crippen molar-refractivity contribution in [1.82, 2.24) is 15.2 Å². The van der Waals surface area contributed by atoms with Gasteiger partial charge in [-0.3, -0.25) is 0 Å². The largest absolute Gasteiger partial charge is 0.366 e. The minimum Gasteiger partial charge on any atom is -0.366 e. The Morgan fingerprint density at radius 1 is 1.27 bits per heavy atom. The Labute approximate surface area is 92.1 Å². The molecule has 2 rings (SSSR count). The van der Waals surface area contributed by atoms with E-state index in [1.165, 1.54) is 0 Å². The molecular formula is C10H9ClN4. The van der Waals surface area contributed by atoms with E-state index in [-0.39, 0.29) is 5.95 Å². The van der Waals surface area contributed by atoms with E-state index in [0.717, 1.165) is 16.1 Å². The zero-order valence-electron chi connectivity index (χ0n) is 8.11. The normalized spacial score (nSPS) is 10.3. The second kappa shape index (κ2) is 3.82. The first kappa shape index (κ1) is 9.86. The van der Waals surface area contributed by atoms with Crippen molar-refractivity contribution in [2.24, 2.45) is 0 Å². The van der Waals surface area contributed by atoms with E-state index >= 15 is 0 Å². The van der Waals surface area contributed by atoms with Crippen LogP contribution in [0.2, 0.25) is 5.02 Å². The molecule has 0 fully saturated rings. The maximum atomic E-state index is 5.92. The molecule has 1 aromatic heterocycles. The van der Waals surface area contributed by atoms with E-state index in [0.29, 0.717) is 5.69 Å². The van der Waals surface area contributed by atoms with Crippen molar-refractivity contribution in [1.29, 1.82) is 0 Å². The Bertz CT molecular complexity index is 481. The highest BCUT2D eigenvalue weighted by Crippen LogP contribution is 2.22. The fraction of sp³-hybridized carbons (Fsp3) is 0.100. The van der Waals surface area contributed by atoms with Gasteiger partial charge in [0.2, 0.25) is 5.95 Å². The highest BCUT2D eigenvalue weighted by Gasteiger charge is 2.02. The SMILES string of the molecule is Cc1cc(-c2cnc(N)nn2)ccc1Cl. The van der Waals surface area contributed by atoms with E-state index in [4.69, 9.17) is 17.3 Å². The van der Waals surface area contributed by atoms with Gasteiger partial charge in [-0.15, -0.1) is 10.2 Å². The number of aromatic nitrogens is 3. The number of hydrogen-bond donors (Lipinski definition) is 1. The Kier molecular flexibility index (Phi) is 2.51. The summed E-state index contributed by atoms with van der Waals surface area (Å²) in [5.41, 5.74) is 7.96. The molecule has 0 saturated carbocycles. The van der Waals surface area contributed by atoms with Gasteiger partial charge in [0.25, 0.3) is 0 Å². The van der Waals surface area contributed by atoms with Crippen LogP contribution in [-0.4, -0.2) is 15.2 Å². The smallest absolute Gasteiger partial charge is 0.240 e. The fourth-order valence-electron chi connectivity index (χ4n) is 1.22. The third-order valence-corrected chi connectivity index (χ3v) is 2.46. The number of rotatable bonds is 1. The average molecular weight is 221 g/mol. The van der Waals surface area contributed by atoms with Crippen molar-refractivity contribution in [2.75, 3.05) is 5.73 Å². The van der Waals surface area contributed by atoms with E-state index in [1.54, 1.807) is 6.20 Å². The van der Waals surface area contributed by atoms with Crippen LogP contribution < -0.4 is 5.73 Å². The minimum absolute atomic E-state index is 0.171. The van der Waals surface area contributed by atoms with Crippen LogP contribution in [0.5, 0.6) is 0 Å². The second-order valence-electron chi connectivity index (χ2n) is 3.17. The highest BCUT2D eigenvalue weighted by molar-refractivity contribution is 6.31. The van der Waals surface area contributed by atoms with Gasteiger partial charge >= 0.3 is 0 Å². The quantitative estimate of drug-likeness (QED) is 0.799. The zero-order chi connectivity index (χ0) is 10.8. The molecule has 1 aromatic carbocycles. The van der Waals surface area contributed by atoms with E-state index in [9.17, 15) is 0 Å². The number of nitrogens with zero attached hydrogens (tertiary/aromatic N) is 3. The van der Waals surface area contributed by atoms with Gasteiger partial charge in [0.1, 0.15) is 5.69 Å². The number of benzene rings is 1. The van der Waals surface area contributed by atoms with Gasteiger partial charge in [-0.1, -0.05) is 17.7 Å². The van der Waals surface area contributed by atoms with Crippen molar-refractivity contribution in [3.63, 3.8) is 0 Å². The maximum Gasteiger partial charge on any atom is 0.240 e. The van der Waals surface area contributed by atoms with E-state index in [2.05, 4.69) is 15.2 Å². The average Bonchev–Trinajstić information content (AvgIpc) is 2.23. The predicted octanol–water partition coefficient (Wildman–Crippen LogP) is 2.08. The number of aryl methyl sites for hydroxylation is 1. The molecule has 0 atom stereocenters. The van der Waals surface area contributed by atoms with Gasteiger partial charge in [0.05, 0.1) is 6.20 Å². The number of anilines is 1. The van der Waals surface area contributed by atoms with Crippen LogP contribution in [0.4, 0.5) is 5.95 Å². The summed E-state index contributed by atoms with van der Waals surface area (Å²) in [5.74, 6) is 0.171. The van der Waals surface area contributed by atoms with Crippen LogP contribution in [0.1, 0.15) is 5.56 Å². The van der Waals surface area contributed by atoms with Gasteiger partial charge < -0.3 is 5.73 Å². The third kappa shape index (κ3) is 2.05. The van der Waals surface area contributed by atoms with E-state index < -0.39 is 0 Å². The van der Waals surface area contributed by atoms with Crippen molar-refractivity contribution in [3.05, 3.63) is 35.0 Å². The summed E-state index contributed by atoms with van der Waals surface area (Å²) in [5, 5.41) is 8.36. The summed E-state index contributed by atoms with van der Waals surface area (Å²) in [7, 11) is 0. The standard InChI is InChI=1S/C10H9ClN4/c1-6-4-7(2-3-8(6)11)9-5-13-10(12)15-14-9/h2-5H,1H3,(H2,12,13,15). The van der Waals surface area contributed by atoms with Gasteiger partial charge in [-0.05, 0) is 24.6 Å². The molecule has 0 bridgehead atoms. The molecule has 0 aliphatic heterocycles. The molecule has 4 nitrogen and oxygen atoms in total. The van der Waals surface area contributed by atoms with Crippen LogP contribution >= 0.6 is 11.6 Å². The Morgan fingerprint density at radius 3 is 2.67 bits per heavy atom. The summed E-state index contributed by atoms with van der Waals surface area (Å²) >= 11 is 5.92. The van der Waals surface area contributed by atoms with Crippen LogP contribution in [0, 0.1) is 6.92 Å². The molecule has 0 spiro atoms. The number of halogens is 1. The Balaban J connectivity index is 2.45. The van der Waals surface area contributed by atoms with Crippen LogP contribution in [0.15, 0.2) is 24.4 Å². The minimum atomic E-state index is 0.171. The molecule has 0 amide bonds. The molecule has 0 aliphatic carbocycles. The van der Waals surface area contributed by atoms with Gasteiger partial charge in [-0.2, -0.15) is 0 Å². The number of hydrogen-bond acceptors (Lipinski definition) is 4. The summed E-state index contributed by atoms with van der Waals surface area (Å²) in [6, 6.07) is 5.63. The monoisotopic (exact) mass is 220 g/mol. The van der Waals surface area contributed by atoms with Gasteiger partial charge in [0.15, 0.2) is 0 Å². The lowest BCUT2D eigenvalue weighted by molar-refractivity contribution is 0.993. The Hall–Kier alpha value is -1.68. The van der Waals surface area contributed by atoms with Crippen molar-refractivity contribution in [3.8, 4) is 11.3 Å². The topological polar surface area (TPSA) is 64.7 Å². The lowest BCUT2D eigenvalue weighted by Crippen LogP contribution is -1.97. The molecule has 1 heterocycles. The predicted molar refractivity (Wildman–Crippen MR) is 59.4 cm³/mol. The lowest BCUT2D eigenvalue weighted by Gasteiger charge is -2.02. The first-order valence-electron chi connectivity index (χ1n) is 4.38. The van der Waals surface area contributed by atoms with Crippen LogP contribution in [-0.2, 0) is 0 Å². The molecule has 0 aliphatic rings. The first-order valence-corrected chi connectivity index (χ1v) is 4.76. The van der Waals surface area contributed by atoms with E-state index in [1.807, 2.05) is 25.1 Å².